The molecule has 0 spiro atoms. The van der Waals surface area contributed by atoms with Gasteiger partial charge in [0.2, 0.25) is 0 Å². The van der Waals surface area contributed by atoms with Gasteiger partial charge in [-0.25, -0.2) is 9.59 Å². The highest BCUT2D eigenvalue weighted by Gasteiger charge is 2.34. The number of esters is 1. The van der Waals surface area contributed by atoms with Gasteiger partial charge in [-0.3, -0.25) is 0 Å². The molecule has 45 heavy (non-hydrogen) atoms. The van der Waals surface area contributed by atoms with E-state index < -0.39 is 11.8 Å². The molecule has 2 unspecified atom stereocenters. The Hall–Kier alpha value is -4.40. The molecule has 1 saturated heterocycles. The van der Waals surface area contributed by atoms with E-state index in [2.05, 4.69) is 42.5 Å². The van der Waals surface area contributed by atoms with Crippen LogP contribution in [0.4, 0.5) is 4.79 Å². The highest BCUT2D eigenvalue weighted by Crippen LogP contribution is 2.33. The van der Waals surface area contributed by atoms with Crippen LogP contribution in [0.25, 0.3) is 10.8 Å². The summed E-state index contributed by atoms with van der Waals surface area (Å²) >= 11 is 0. The number of rotatable bonds is 11. The Bertz CT molecular complexity index is 1550. The van der Waals surface area contributed by atoms with E-state index in [1.54, 1.807) is 17.2 Å². The monoisotopic (exact) mass is 611 g/mol. The molecule has 0 aliphatic carbocycles. The zero-order valence-electron chi connectivity index (χ0n) is 26.1. The third-order valence-corrected chi connectivity index (χ3v) is 7.50. The Balaban J connectivity index is 1.18. The summed E-state index contributed by atoms with van der Waals surface area (Å²) in [6.45, 7) is 7.54. The summed E-state index contributed by atoms with van der Waals surface area (Å²) in [4.78, 5) is 30.0. The van der Waals surface area contributed by atoms with E-state index >= 15 is 0 Å². The minimum absolute atomic E-state index is 0.0930. The minimum Gasteiger partial charge on any atom is -0.493 e. The predicted molar refractivity (Wildman–Crippen MR) is 172 cm³/mol. The van der Waals surface area contributed by atoms with Gasteiger partial charge in [-0.1, -0.05) is 66.7 Å². The number of hydroxylamine groups is 2. The van der Waals surface area contributed by atoms with Crippen LogP contribution >= 0.6 is 0 Å². The molecule has 8 nitrogen and oxygen atoms in total. The van der Waals surface area contributed by atoms with Gasteiger partial charge in [0.25, 0.3) is 0 Å². The summed E-state index contributed by atoms with van der Waals surface area (Å²) in [6, 6.07) is 31.6. The third kappa shape index (κ3) is 9.54. The second-order valence-electron chi connectivity index (χ2n) is 12.1. The topological polar surface area (TPSA) is 83.5 Å². The van der Waals surface area contributed by atoms with E-state index in [0.717, 1.165) is 23.3 Å². The highest BCUT2D eigenvalue weighted by atomic mass is 16.8. The third-order valence-electron chi connectivity index (χ3n) is 7.50. The lowest BCUT2D eigenvalue weighted by molar-refractivity contribution is -0.179. The molecule has 1 fully saturated rings. The van der Waals surface area contributed by atoms with E-state index in [1.165, 1.54) is 10.8 Å². The molecule has 0 amide bonds. The summed E-state index contributed by atoms with van der Waals surface area (Å²) in [5.74, 6) is 0.503. The van der Waals surface area contributed by atoms with E-state index in [1.807, 2.05) is 63.2 Å². The van der Waals surface area contributed by atoms with E-state index in [0.29, 0.717) is 38.3 Å². The standard InChI is InChI=1S/C37H41NO7/c1-37(2,3)44-36(40)45-38-21-20-33(34(25-38)43-26-27-14-15-28-10-7-8-13-31(28)24-27)29-16-18-32(19-17-29)41-22-9-23-42-35(39)30-11-5-4-6-12-30/h4-8,10-19,24,33-34H,9,20-23,25-26H2,1-3H3. The summed E-state index contributed by atoms with van der Waals surface area (Å²) in [5, 5.41) is 3.99. The van der Waals surface area contributed by atoms with Gasteiger partial charge in [0, 0.05) is 18.9 Å². The molecule has 0 radical (unpaired) electrons. The van der Waals surface area contributed by atoms with E-state index in [9.17, 15) is 9.59 Å². The van der Waals surface area contributed by atoms with Crippen molar-refractivity contribution < 1.29 is 33.4 Å². The second-order valence-corrected chi connectivity index (χ2v) is 12.1. The maximum atomic E-state index is 12.4. The van der Waals surface area contributed by atoms with Crippen molar-refractivity contribution >= 4 is 22.9 Å². The van der Waals surface area contributed by atoms with Crippen molar-refractivity contribution in [2.45, 2.75) is 57.8 Å². The Morgan fingerprint density at radius 3 is 2.33 bits per heavy atom. The van der Waals surface area contributed by atoms with Crippen molar-refractivity contribution in [3.63, 3.8) is 0 Å². The number of fused-ring (bicyclic) bond motifs is 1. The van der Waals surface area contributed by atoms with Gasteiger partial charge in [0.15, 0.2) is 0 Å². The second kappa shape index (κ2) is 15.1. The lowest BCUT2D eigenvalue weighted by Gasteiger charge is -2.37. The lowest BCUT2D eigenvalue weighted by Crippen LogP contribution is -2.45. The Morgan fingerprint density at radius 2 is 1.58 bits per heavy atom. The van der Waals surface area contributed by atoms with Gasteiger partial charge in [-0.05, 0) is 79.4 Å². The van der Waals surface area contributed by atoms with Gasteiger partial charge in [0.05, 0.1) is 38.0 Å². The average Bonchev–Trinajstić information content (AvgIpc) is 3.03. The fraction of sp³-hybridized carbons (Fsp3) is 0.351. The first kappa shape index (κ1) is 32.0. The van der Waals surface area contributed by atoms with Crippen LogP contribution in [-0.2, 0) is 25.7 Å². The number of nitrogens with zero attached hydrogens (tertiary/aromatic N) is 1. The summed E-state index contributed by atoms with van der Waals surface area (Å²) < 4.78 is 23.1. The van der Waals surface area contributed by atoms with Crippen LogP contribution < -0.4 is 4.74 Å². The van der Waals surface area contributed by atoms with Crippen LogP contribution in [-0.4, -0.2) is 55.2 Å². The van der Waals surface area contributed by atoms with Crippen molar-refractivity contribution in [3.8, 4) is 5.75 Å². The Morgan fingerprint density at radius 1 is 0.844 bits per heavy atom. The van der Waals surface area contributed by atoms with Crippen LogP contribution in [0.2, 0.25) is 0 Å². The fourth-order valence-electron chi connectivity index (χ4n) is 5.31. The molecule has 0 aromatic heterocycles. The number of hydrogen-bond acceptors (Lipinski definition) is 8. The van der Waals surface area contributed by atoms with Crippen molar-refractivity contribution in [2.24, 2.45) is 0 Å². The number of hydrogen-bond donors (Lipinski definition) is 0. The highest BCUT2D eigenvalue weighted by molar-refractivity contribution is 5.89. The van der Waals surface area contributed by atoms with E-state index in [-0.39, 0.29) is 24.6 Å². The molecular weight excluding hydrogens is 570 g/mol. The SMILES string of the molecule is CC(C)(C)OC(=O)ON1CCC(c2ccc(OCCCOC(=O)c3ccccc3)cc2)C(OCc2ccc3ccccc3c2)C1. The molecule has 5 rings (SSSR count). The normalized spacial score (nSPS) is 17.0. The van der Waals surface area contributed by atoms with Crippen molar-refractivity contribution in [2.75, 3.05) is 26.3 Å². The molecule has 2 atom stereocenters. The minimum atomic E-state index is -0.717. The van der Waals surface area contributed by atoms with Crippen LogP contribution in [0.3, 0.4) is 0 Å². The van der Waals surface area contributed by atoms with Crippen LogP contribution in [0.5, 0.6) is 5.75 Å². The molecular formula is C37H41NO7. The van der Waals surface area contributed by atoms with Gasteiger partial charge in [-0.15, -0.1) is 5.06 Å². The molecule has 4 aromatic rings. The van der Waals surface area contributed by atoms with Crippen molar-refractivity contribution in [3.05, 3.63) is 114 Å². The van der Waals surface area contributed by atoms with E-state index in [4.69, 9.17) is 23.8 Å². The maximum absolute atomic E-state index is 12.4. The number of benzene rings is 4. The lowest BCUT2D eigenvalue weighted by atomic mass is 9.87. The van der Waals surface area contributed by atoms with Gasteiger partial charge in [0.1, 0.15) is 11.4 Å². The quantitative estimate of drug-likeness (QED) is 0.126. The van der Waals surface area contributed by atoms with Gasteiger partial charge >= 0.3 is 12.1 Å². The molecule has 8 heteroatoms. The van der Waals surface area contributed by atoms with Crippen LogP contribution in [0, 0.1) is 0 Å². The van der Waals surface area contributed by atoms with Crippen LogP contribution in [0.1, 0.15) is 61.0 Å². The van der Waals surface area contributed by atoms with Crippen molar-refractivity contribution in [1.82, 2.24) is 5.06 Å². The summed E-state index contributed by atoms with van der Waals surface area (Å²) in [5.41, 5.74) is 2.10. The maximum Gasteiger partial charge on any atom is 0.528 e. The molecule has 236 valence electrons. The molecule has 0 saturated carbocycles. The van der Waals surface area contributed by atoms with Crippen molar-refractivity contribution in [1.29, 1.82) is 0 Å². The Labute approximate surface area is 264 Å². The van der Waals surface area contributed by atoms with Gasteiger partial charge < -0.3 is 23.8 Å². The zero-order chi connectivity index (χ0) is 31.6. The first-order valence-corrected chi connectivity index (χ1v) is 15.4. The number of piperidine rings is 1. The number of carbonyl (C=O) groups is 2. The molecule has 1 aliphatic heterocycles. The fourth-order valence-corrected chi connectivity index (χ4v) is 5.31. The largest absolute Gasteiger partial charge is 0.528 e. The number of ether oxygens (including phenoxy) is 4. The average molecular weight is 612 g/mol. The first-order valence-electron chi connectivity index (χ1n) is 15.4. The molecule has 0 N–H and O–H groups in total. The predicted octanol–water partition coefficient (Wildman–Crippen LogP) is 7.71. The van der Waals surface area contributed by atoms with Crippen LogP contribution in [0.15, 0.2) is 97.1 Å². The zero-order valence-corrected chi connectivity index (χ0v) is 26.1. The summed E-state index contributed by atoms with van der Waals surface area (Å²) in [6.07, 6.45) is 0.378. The molecule has 4 aromatic carbocycles. The molecule has 1 aliphatic rings. The number of carbonyl (C=O) groups excluding carboxylic acids is 2. The van der Waals surface area contributed by atoms with Gasteiger partial charge in [-0.2, -0.15) is 0 Å². The smallest absolute Gasteiger partial charge is 0.493 e. The molecule has 1 heterocycles. The summed E-state index contributed by atoms with van der Waals surface area (Å²) in [7, 11) is 0. The molecule has 0 bridgehead atoms. The Kier molecular flexibility index (Phi) is 10.7. The first-order chi connectivity index (χ1) is 21.7.